The Kier molecular flexibility index (Phi) is 5.71. The Balaban J connectivity index is 1.39. The predicted molar refractivity (Wildman–Crippen MR) is 134 cm³/mol. The van der Waals surface area contributed by atoms with Crippen molar-refractivity contribution >= 4 is 29.2 Å². The van der Waals surface area contributed by atoms with Crippen molar-refractivity contribution in [2.75, 3.05) is 37.9 Å². The van der Waals surface area contributed by atoms with Gasteiger partial charge in [-0.3, -0.25) is 34.8 Å². The number of urea groups is 1. The van der Waals surface area contributed by atoms with Crippen LogP contribution in [0.3, 0.4) is 0 Å². The van der Waals surface area contributed by atoms with E-state index in [4.69, 9.17) is 9.47 Å². The summed E-state index contributed by atoms with van der Waals surface area (Å²) in [6, 6.07) is 9.05. The Morgan fingerprint density at radius 2 is 1.92 bits per heavy atom. The number of hydrogen-bond acceptors (Lipinski definition) is 9. The second-order valence-electron chi connectivity index (χ2n) is 10.1. The number of non-ortho nitro benzene ring substituents is 1. The van der Waals surface area contributed by atoms with E-state index in [1.54, 1.807) is 6.07 Å². The van der Waals surface area contributed by atoms with Crippen LogP contribution in [0.2, 0.25) is 0 Å². The normalized spacial score (nSPS) is 24.3. The number of nitrogens with one attached hydrogen (secondary N) is 1. The highest BCUT2D eigenvalue weighted by Crippen LogP contribution is 2.46. The van der Waals surface area contributed by atoms with Gasteiger partial charge in [0.25, 0.3) is 5.69 Å². The molecular weight excluding hydrogens is 494 g/mol. The van der Waals surface area contributed by atoms with E-state index in [1.165, 1.54) is 12.1 Å². The molecule has 0 bridgehead atoms. The third-order valence-corrected chi connectivity index (χ3v) is 7.87. The summed E-state index contributed by atoms with van der Waals surface area (Å²) in [5.74, 6) is 0.170. The van der Waals surface area contributed by atoms with Crippen molar-refractivity contribution < 1.29 is 28.8 Å². The molecule has 2 atom stereocenters. The zero-order valence-corrected chi connectivity index (χ0v) is 20.8. The fourth-order valence-electron chi connectivity index (χ4n) is 6.10. The molecule has 0 aromatic heterocycles. The fourth-order valence-corrected chi connectivity index (χ4v) is 6.10. The van der Waals surface area contributed by atoms with Crippen molar-refractivity contribution in [2.24, 2.45) is 5.41 Å². The molecule has 4 aliphatic rings. The molecule has 0 aliphatic carbocycles. The summed E-state index contributed by atoms with van der Waals surface area (Å²) in [5.41, 5.74) is 0.621. The zero-order valence-electron chi connectivity index (χ0n) is 20.8. The highest BCUT2D eigenvalue weighted by atomic mass is 16.7. The largest absolute Gasteiger partial charge is 0.454 e. The van der Waals surface area contributed by atoms with E-state index in [-0.39, 0.29) is 25.4 Å². The molecule has 12 heteroatoms. The van der Waals surface area contributed by atoms with Gasteiger partial charge in [-0.1, -0.05) is 13.0 Å². The summed E-state index contributed by atoms with van der Waals surface area (Å²) >= 11 is 0. The summed E-state index contributed by atoms with van der Waals surface area (Å²) in [7, 11) is 0. The number of piperazine rings is 1. The van der Waals surface area contributed by atoms with Crippen LogP contribution >= 0.6 is 0 Å². The summed E-state index contributed by atoms with van der Waals surface area (Å²) < 4.78 is 10.9. The van der Waals surface area contributed by atoms with Gasteiger partial charge in [0.2, 0.25) is 18.6 Å². The van der Waals surface area contributed by atoms with Crippen LogP contribution < -0.4 is 19.7 Å². The van der Waals surface area contributed by atoms with Gasteiger partial charge in [-0.15, -0.1) is 0 Å². The van der Waals surface area contributed by atoms with E-state index in [1.807, 2.05) is 30.0 Å². The number of nitro benzene ring substituents is 1. The molecule has 0 radical (unpaired) electrons. The highest BCUT2D eigenvalue weighted by molar-refractivity contribution is 6.20. The average molecular weight is 522 g/mol. The van der Waals surface area contributed by atoms with Gasteiger partial charge in [0.1, 0.15) is 0 Å². The second kappa shape index (κ2) is 8.98. The number of carbonyl (C=O) groups excluding carboxylic acids is 3. The van der Waals surface area contributed by atoms with Gasteiger partial charge in [0.15, 0.2) is 16.9 Å². The molecule has 198 valence electrons. The number of hydrogen-bond donors (Lipinski definition) is 1. The zero-order chi connectivity index (χ0) is 26.6. The number of amides is 4. The molecule has 2 fully saturated rings. The molecule has 4 amide bonds. The number of imide groups is 2. The molecule has 2 saturated heterocycles. The lowest BCUT2D eigenvalue weighted by Crippen LogP contribution is -2.75. The summed E-state index contributed by atoms with van der Waals surface area (Å²) in [6.07, 6.45) is 0.511. The van der Waals surface area contributed by atoms with Gasteiger partial charge in [-0.05, 0) is 35.7 Å². The Bertz CT molecular complexity index is 1360. The van der Waals surface area contributed by atoms with Crippen LogP contribution in [0, 0.1) is 15.5 Å². The smallest absolute Gasteiger partial charge is 0.330 e. The Morgan fingerprint density at radius 1 is 1.11 bits per heavy atom. The topological polar surface area (TPSA) is 135 Å². The van der Waals surface area contributed by atoms with Crippen molar-refractivity contribution in [3.63, 3.8) is 0 Å². The fraction of sp³-hybridized carbons (Fsp3) is 0.423. The summed E-state index contributed by atoms with van der Waals surface area (Å²) in [6.45, 7) is 4.31. The number of benzene rings is 2. The van der Waals surface area contributed by atoms with E-state index in [9.17, 15) is 24.5 Å². The predicted octanol–water partition coefficient (Wildman–Crippen LogP) is 2.05. The monoisotopic (exact) mass is 521 g/mol. The number of nitrogens with zero attached hydrogens (tertiary/aromatic N) is 4. The maximum Gasteiger partial charge on any atom is 0.330 e. The molecule has 2 aromatic rings. The molecule has 1 N–H and O–H groups in total. The van der Waals surface area contributed by atoms with Crippen LogP contribution in [0.5, 0.6) is 11.5 Å². The molecular formula is C26H27N5O7. The summed E-state index contributed by atoms with van der Waals surface area (Å²) in [4.78, 5) is 56.6. The lowest BCUT2D eigenvalue weighted by atomic mass is 9.67. The number of anilines is 1. The molecule has 6 rings (SSSR count). The van der Waals surface area contributed by atoms with Gasteiger partial charge in [-0.2, -0.15) is 0 Å². The summed E-state index contributed by atoms with van der Waals surface area (Å²) in [5, 5.41) is 13.9. The average Bonchev–Trinajstić information content (AvgIpc) is 3.37. The molecule has 2 aromatic carbocycles. The molecule has 0 unspecified atom stereocenters. The van der Waals surface area contributed by atoms with E-state index >= 15 is 0 Å². The Hall–Kier alpha value is -4.19. The first kappa shape index (κ1) is 24.2. The number of ether oxygens (including phenoxy) is 2. The van der Waals surface area contributed by atoms with E-state index in [0.29, 0.717) is 49.7 Å². The third kappa shape index (κ3) is 3.66. The van der Waals surface area contributed by atoms with Gasteiger partial charge in [-0.25, -0.2) is 4.79 Å². The van der Waals surface area contributed by atoms with E-state index < -0.39 is 34.2 Å². The van der Waals surface area contributed by atoms with Crippen LogP contribution in [0.4, 0.5) is 16.2 Å². The number of nitro groups is 1. The van der Waals surface area contributed by atoms with Crippen LogP contribution in [0.1, 0.15) is 24.5 Å². The number of fused-ring (bicyclic) bond motifs is 5. The number of rotatable bonds is 5. The number of carbonyl (C=O) groups is 3. The molecule has 38 heavy (non-hydrogen) atoms. The molecule has 1 spiro atoms. The lowest BCUT2D eigenvalue weighted by molar-refractivity contribution is -0.384. The van der Waals surface area contributed by atoms with Crippen LogP contribution in [-0.4, -0.2) is 71.6 Å². The Morgan fingerprint density at radius 3 is 2.71 bits per heavy atom. The van der Waals surface area contributed by atoms with Gasteiger partial charge in [0, 0.05) is 57.0 Å². The minimum atomic E-state index is -1.60. The first-order valence-electron chi connectivity index (χ1n) is 12.6. The van der Waals surface area contributed by atoms with Crippen molar-refractivity contribution in [3.05, 3.63) is 57.6 Å². The molecule has 12 nitrogen and oxygen atoms in total. The maximum absolute atomic E-state index is 14.0. The van der Waals surface area contributed by atoms with Crippen LogP contribution in [0.15, 0.2) is 36.4 Å². The van der Waals surface area contributed by atoms with E-state index in [0.717, 1.165) is 16.2 Å². The minimum absolute atomic E-state index is 0.0266. The maximum atomic E-state index is 14.0. The molecule has 4 aliphatic heterocycles. The second-order valence-corrected chi connectivity index (χ2v) is 10.1. The van der Waals surface area contributed by atoms with Crippen LogP contribution in [-0.2, 0) is 22.6 Å². The minimum Gasteiger partial charge on any atom is -0.454 e. The van der Waals surface area contributed by atoms with Gasteiger partial charge < -0.3 is 14.4 Å². The van der Waals surface area contributed by atoms with Crippen molar-refractivity contribution in [3.8, 4) is 11.5 Å². The highest BCUT2D eigenvalue weighted by Gasteiger charge is 2.62. The first-order valence-corrected chi connectivity index (χ1v) is 12.6. The molecule has 0 saturated carbocycles. The van der Waals surface area contributed by atoms with Gasteiger partial charge in [0.05, 0.1) is 11.0 Å². The van der Waals surface area contributed by atoms with Crippen molar-refractivity contribution in [1.29, 1.82) is 0 Å². The lowest BCUT2D eigenvalue weighted by Gasteiger charge is -2.55. The Labute approximate surface area is 218 Å². The quantitative estimate of drug-likeness (QED) is 0.356. The molecule has 4 heterocycles. The van der Waals surface area contributed by atoms with Gasteiger partial charge >= 0.3 is 6.03 Å². The standard InChI is InChI=1S/C26H27N5O7/c1-2-7-30-24(33)26(23(32)27-25(30)34)12-17-11-18(31(35)36)4-5-19(17)29-9-8-28(14-22(26)29)13-16-3-6-20-21(10-16)38-15-37-20/h3-6,10-11,22H,2,7-9,12-15H2,1H3,(H,27,32,34)/t22-,26-/m0/s1. The van der Waals surface area contributed by atoms with Crippen molar-refractivity contribution in [2.45, 2.75) is 32.4 Å². The number of barbiturate groups is 1. The van der Waals surface area contributed by atoms with Crippen LogP contribution in [0.25, 0.3) is 0 Å². The van der Waals surface area contributed by atoms with Crippen molar-refractivity contribution in [1.82, 2.24) is 15.1 Å². The van der Waals surface area contributed by atoms with E-state index in [2.05, 4.69) is 10.2 Å². The third-order valence-electron chi connectivity index (χ3n) is 7.87. The first-order chi connectivity index (χ1) is 18.3. The SMILES string of the molecule is CCCN1C(=O)NC(=O)[C@@]2(Cc3cc([N+](=O)[O-])ccc3N3CCN(Cc4ccc5c(c4)OCO5)C[C@H]32)C1=O.